The highest BCUT2D eigenvalue weighted by atomic mass is 15.2. The summed E-state index contributed by atoms with van der Waals surface area (Å²) in [6.07, 6.45) is 1.60. The third kappa shape index (κ3) is 3.18. The van der Waals surface area contributed by atoms with Gasteiger partial charge < -0.3 is 11.1 Å². The van der Waals surface area contributed by atoms with E-state index < -0.39 is 0 Å². The molecule has 0 radical (unpaired) electrons. The number of aryl methyl sites for hydroxylation is 1. The van der Waals surface area contributed by atoms with Crippen LogP contribution in [0.15, 0.2) is 0 Å². The van der Waals surface area contributed by atoms with Gasteiger partial charge in [-0.1, -0.05) is 13.8 Å². The van der Waals surface area contributed by atoms with Gasteiger partial charge in [0.2, 0.25) is 0 Å². The Morgan fingerprint density at radius 3 is 2.22 bits per heavy atom. The lowest BCUT2D eigenvalue weighted by Gasteiger charge is -2.24. The van der Waals surface area contributed by atoms with Crippen molar-refractivity contribution in [2.75, 3.05) is 5.32 Å². The second-order valence-electron chi connectivity index (χ2n) is 5.34. The summed E-state index contributed by atoms with van der Waals surface area (Å²) in [5.41, 5.74) is 8.20. The Kier molecular flexibility index (Phi) is 4.27. The summed E-state index contributed by atoms with van der Waals surface area (Å²) in [6.45, 7) is 10.2. The fraction of sp³-hybridized carbons (Fsp3) is 0.615. The van der Waals surface area contributed by atoms with E-state index in [0.29, 0.717) is 11.4 Å². The second kappa shape index (κ2) is 5.33. The van der Waals surface area contributed by atoms with Crippen molar-refractivity contribution in [2.24, 2.45) is 5.73 Å². The van der Waals surface area contributed by atoms with Crippen molar-refractivity contribution in [1.29, 1.82) is 5.41 Å². The predicted octanol–water partition coefficient (Wildman–Crippen LogP) is 2.10. The summed E-state index contributed by atoms with van der Waals surface area (Å²) in [7, 11) is 0. The molecule has 0 spiro atoms. The number of amidine groups is 1. The summed E-state index contributed by atoms with van der Waals surface area (Å²) in [6, 6.07) is 0. The number of rotatable bonds is 4. The van der Waals surface area contributed by atoms with Gasteiger partial charge in [-0.05, 0) is 39.2 Å². The highest BCUT2D eigenvalue weighted by molar-refractivity contribution is 6.01. The standard InChI is InChI=1S/C13H23N5/c1-6-8-9(7-2)17-18-12(10(8)11(14)15)16-13(3,4)5/h6-7H2,1-5H3,(H3,14,15)(H,16,18). The molecule has 0 aliphatic rings. The molecule has 0 atom stereocenters. The Morgan fingerprint density at radius 1 is 1.22 bits per heavy atom. The molecule has 1 aromatic heterocycles. The minimum absolute atomic E-state index is 0.0446. The van der Waals surface area contributed by atoms with Gasteiger partial charge in [-0.3, -0.25) is 5.41 Å². The Morgan fingerprint density at radius 2 is 1.83 bits per heavy atom. The van der Waals surface area contributed by atoms with Gasteiger partial charge in [0.1, 0.15) is 5.84 Å². The summed E-state index contributed by atoms with van der Waals surface area (Å²) < 4.78 is 0. The minimum Gasteiger partial charge on any atom is -0.384 e. The first-order chi connectivity index (χ1) is 8.30. The first kappa shape index (κ1) is 14.4. The average molecular weight is 249 g/mol. The van der Waals surface area contributed by atoms with Crippen molar-refractivity contribution in [3.8, 4) is 0 Å². The smallest absolute Gasteiger partial charge is 0.160 e. The molecule has 0 unspecified atom stereocenters. The Hall–Kier alpha value is -1.65. The number of aromatic nitrogens is 2. The first-order valence-corrected chi connectivity index (χ1v) is 6.31. The number of nitrogens with zero attached hydrogens (tertiary/aromatic N) is 2. The van der Waals surface area contributed by atoms with Gasteiger partial charge >= 0.3 is 0 Å². The highest BCUT2D eigenvalue weighted by Crippen LogP contribution is 2.22. The maximum Gasteiger partial charge on any atom is 0.160 e. The van der Waals surface area contributed by atoms with Crippen molar-refractivity contribution >= 4 is 11.7 Å². The lowest BCUT2D eigenvalue weighted by atomic mass is 10.0. The van der Waals surface area contributed by atoms with Crippen molar-refractivity contribution in [3.63, 3.8) is 0 Å². The van der Waals surface area contributed by atoms with E-state index in [9.17, 15) is 0 Å². The van der Waals surface area contributed by atoms with Crippen LogP contribution in [0.5, 0.6) is 0 Å². The monoisotopic (exact) mass is 249 g/mol. The maximum absolute atomic E-state index is 7.77. The largest absolute Gasteiger partial charge is 0.384 e. The van der Waals surface area contributed by atoms with Crippen LogP contribution < -0.4 is 11.1 Å². The molecular weight excluding hydrogens is 226 g/mol. The van der Waals surface area contributed by atoms with E-state index in [1.807, 2.05) is 34.6 Å². The molecule has 0 aliphatic heterocycles. The third-order valence-corrected chi connectivity index (χ3v) is 2.61. The van der Waals surface area contributed by atoms with Crippen LogP contribution in [0.3, 0.4) is 0 Å². The zero-order valence-electron chi connectivity index (χ0n) is 11.9. The van der Waals surface area contributed by atoms with Gasteiger partial charge in [-0.15, -0.1) is 5.10 Å². The molecule has 0 aliphatic carbocycles. The van der Waals surface area contributed by atoms with Crippen molar-refractivity contribution in [3.05, 3.63) is 16.8 Å². The van der Waals surface area contributed by atoms with Gasteiger partial charge in [0.25, 0.3) is 0 Å². The normalized spacial score (nSPS) is 11.4. The number of hydrogen-bond acceptors (Lipinski definition) is 4. The minimum atomic E-state index is -0.141. The molecule has 0 bridgehead atoms. The lowest BCUT2D eigenvalue weighted by Crippen LogP contribution is -2.30. The zero-order valence-corrected chi connectivity index (χ0v) is 11.9. The molecular formula is C13H23N5. The second-order valence-corrected chi connectivity index (χ2v) is 5.34. The van der Waals surface area contributed by atoms with Crippen LogP contribution in [0.25, 0.3) is 0 Å². The van der Waals surface area contributed by atoms with Crippen LogP contribution in [0.2, 0.25) is 0 Å². The van der Waals surface area contributed by atoms with E-state index in [-0.39, 0.29) is 11.4 Å². The first-order valence-electron chi connectivity index (χ1n) is 6.31. The Labute approximate surface area is 109 Å². The molecule has 0 amide bonds. The van der Waals surface area contributed by atoms with Crippen LogP contribution in [0.1, 0.15) is 51.4 Å². The Balaban J connectivity index is 3.39. The fourth-order valence-corrected chi connectivity index (χ4v) is 1.91. The fourth-order valence-electron chi connectivity index (χ4n) is 1.91. The van der Waals surface area contributed by atoms with E-state index >= 15 is 0 Å². The molecule has 1 aromatic rings. The molecule has 1 rings (SSSR count). The number of hydrogen-bond donors (Lipinski definition) is 3. The van der Waals surface area contributed by atoms with Crippen LogP contribution in [0, 0.1) is 5.41 Å². The van der Waals surface area contributed by atoms with E-state index in [1.165, 1.54) is 0 Å². The van der Waals surface area contributed by atoms with Gasteiger partial charge in [-0.2, -0.15) is 5.10 Å². The SMILES string of the molecule is CCc1nnc(NC(C)(C)C)c(C(=N)N)c1CC. The van der Waals surface area contributed by atoms with Crippen LogP contribution in [-0.4, -0.2) is 21.6 Å². The number of nitrogens with two attached hydrogens (primary N) is 1. The van der Waals surface area contributed by atoms with Crippen LogP contribution in [-0.2, 0) is 12.8 Å². The molecule has 0 fully saturated rings. The molecule has 100 valence electrons. The topological polar surface area (TPSA) is 87.7 Å². The molecule has 0 aromatic carbocycles. The van der Waals surface area contributed by atoms with Crippen molar-refractivity contribution in [1.82, 2.24) is 10.2 Å². The molecule has 5 nitrogen and oxygen atoms in total. The zero-order chi connectivity index (χ0) is 13.9. The molecule has 5 heteroatoms. The van der Waals surface area contributed by atoms with Gasteiger partial charge in [0.15, 0.2) is 5.82 Å². The van der Waals surface area contributed by atoms with Gasteiger partial charge in [-0.25, -0.2) is 0 Å². The predicted molar refractivity (Wildman–Crippen MR) is 75.2 cm³/mol. The summed E-state index contributed by atoms with van der Waals surface area (Å²) >= 11 is 0. The van der Waals surface area contributed by atoms with Crippen molar-refractivity contribution < 1.29 is 0 Å². The third-order valence-electron chi connectivity index (χ3n) is 2.61. The molecule has 4 N–H and O–H groups in total. The molecule has 18 heavy (non-hydrogen) atoms. The summed E-state index contributed by atoms with van der Waals surface area (Å²) in [5.74, 6) is 0.646. The number of anilines is 1. The molecule has 0 saturated carbocycles. The van der Waals surface area contributed by atoms with E-state index in [0.717, 1.165) is 24.1 Å². The summed E-state index contributed by atoms with van der Waals surface area (Å²) in [5, 5.41) is 19.4. The van der Waals surface area contributed by atoms with Crippen LogP contribution in [0.4, 0.5) is 5.82 Å². The van der Waals surface area contributed by atoms with Gasteiger partial charge in [0.05, 0.1) is 11.3 Å². The summed E-state index contributed by atoms with van der Waals surface area (Å²) in [4.78, 5) is 0. The highest BCUT2D eigenvalue weighted by Gasteiger charge is 2.20. The number of nitrogen functional groups attached to an aromatic ring is 1. The quantitative estimate of drug-likeness (QED) is 0.563. The number of nitrogens with one attached hydrogen (secondary N) is 2. The Bertz CT molecular complexity index is 445. The average Bonchev–Trinajstić information content (AvgIpc) is 2.25. The molecule has 0 saturated heterocycles. The van der Waals surface area contributed by atoms with Crippen molar-refractivity contribution in [2.45, 2.75) is 53.0 Å². The maximum atomic E-state index is 7.77. The van der Waals surface area contributed by atoms with E-state index in [4.69, 9.17) is 11.1 Å². The van der Waals surface area contributed by atoms with Gasteiger partial charge in [0, 0.05) is 5.54 Å². The lowest BCUT2D eigenvalue weighted by molar-refractivity contribution is 0.626. The molecule has 1 heterocycles. The van der Waals surface area contributed by atoms with E-state index in [1.54, 1.807) is 0 Å². The van der Waals surface area contributed by atoms with E-state index in [2.05, 4.69) is 15.5 Å². The van der Waals surface area contributed by atoms with Crippen LogP contribution >= 0.6 is 0 Å².